The maximum atomic E-state index is 12.2. The van der Waals surface area contributed by atoms with Crippen LogP contribution in [0.25, 0.3) is 0 Å². The number of hydrogen-bond acceptors (Lipinski definition) is 3. The van der Waals surface area contributed by atoms with Crippen LogP contribution in [-0.4, -0.2) is 43.4 Å². The smallest absolute Gasteiger partial charge is 0.178 e. The fraction of sp³-hybridized carbons (Fsp3) is 0.462. The number of rotatable bonds is 3. The quantitative estimate of drug-likeness (QED) is 0.867. The highest BCUT2D eigenvalue weighted by molar-refractivity contribution is 6.36. The van der Waals surface area contributed by atoms with Crippen molar-refractivity contribution in [2.45, 2.75) is 6.42 Å². The summed E-state index contributed by atoms with van der Waals surface area (Å²) in [6.45, 7) is 4.18. The van der Waals surface area contributed by atoms with Crippen LogP contribution in [0.2, 0.25) is 10.0 Å². The molecular formula is C13H16Cl2N2O. The first kappa shape index (κ1) is 13.8. The molecule has 1 saturated heterocycles. The number of nitrogens with one attached hydrogen (secondary N) is 1. The molecule has 18 heavy (non-hydrogen) atoms. The fourth-order valence-electron chi connectivity index (χ4n) is 2.06. The number of ketones is 1. The SMILES string of the molecule is O=C(CN1CCCNCC1)c1cc(Cl)ccc1Cl. The molecule has 0 spiro atoms. The summed E-state index contributed by atoms with van der Waals surface area (Å²) in [4.78, 5) is 14.3. The van der Waals surface area contributed by atoms with E-state index in [9.17, 15) is 4.79 Å². The van der Waals surface area contributed by atoms with Crippen LogP contribution < -0.4 is 5.32 Å². The first-order valence-electron chi connectivity index (χ1n) is 6.08. The van der Waals surface area contributed by atoms with Crippen LogP contribution in [0.5, 0.6) is 0 Å². The molecule has 5 heteroatoms. The van der Waals surface area contributed by atoms with Crippen LogP contribution >= 0.6 is 23.2 Å². The summed E-state index contributed by atoms with van der Waals surface area (Å²) < 4.78 is 0. The van der Waals surface area contributed by atoms with Crippen LogP contribution in [0.3, 0.4) is 0 Å². The second-order valence-electron chi connectivity index (χ2n) is 4.43. The average Bonchev–Trinajstić information content (AvgIpc) is 2.61. The van der Waals surface area contributed by atoms with Crippen LogP contribution in [-0.2, 0) is 0 Å². The molecule has 0 atom stereocenters. The predicted octanol–water partition coefficient (Wildman–Crippen LogP) is 2.47. The standard InChI is InChI=1S/C13H16Cl2N2O/c14-10-2-3-12(15)11(8-10)13(18)9-17-6-1-4-16-5-7-17/h2-3,8,16H,1,4-7,9H2. The highest BCUT2D eigenvalue weighted by atomic mass is 35.5. The Kier molecular flexibility index (Phi) is 5.01. The van der Waals surface area contributed by atoms with Gasteiger partial charge in [0.1, 0.15) is 0 Å². The summed E-state index contributed by atoms with van der Waals surface area (Å²) in [5, 5.41) is 4.32. The second kappa shape index (κ2) is 6.53. The van der Waals surface area contributed by atoms with Crippen molar-refractivity contribution >= 4 is 29.0 Å². The van der Waals surface area contributed by atoms with Gasteiger partial charge < -0.3 is 5.32 Å². The molecular weight excluding hydrogens is 271 g/mol. The lowest BCUT2D eigenvalue weighted by Crippen LogP contribution is -2.33. The van der Waals surface area contributed by atoms with Crippen LogP contribution in [0.1, 0.15) is 16.8 Å². The van der Waals surface area contributed by atoms with Gasteiger partial charge in [0, 0.05) is 23.7 Å². The van der Waals surface area contributed by atoms with Crippen molar-refractivity contribution in [3.05, 3.63) is 33.8 Å². The molecule has 0 aliphatic carbocycles. The van der Waals surface area contributed by atoms with Crippen LogP contribution in [0.4, 0.5) is 0 Å². The van der Waals surface area contributed by atoms with E-state index in [1.165, 1.54) is 0 Å². The summed E-state index contributed by atoms with van der Waals surface area (Å²) in [6.07, 6.45) is 1.07. The molecule has 0 saturated carbocycles. The zero-order valence-electron chi connectivity index (χ0n) is 10.1. The Bertz CT molecular complexity index is 429. The van der Waals surface area contributed by atoms with Crippen molar-refractivity contribution in [2.75, 3.05) is 32.7 Å². The molecule has 1 N–H and O–H groups in total. The Balaban J connectivity index is 2.04. The maximum Gasteiger partial charge on any atom is 0.178 e. The van der Waals surface area contributed by atoms with Crippen molar-refractivity contribution in [3.8, 4) is 0 Å². The first-order chi connectivity index (χ1) is 8.66. The fourth-order valence-corrected chi connectivity index (χ4v) is 2.45. The van der Waals surface area contributed by atoms with E-state index in [-0.39, 0.29) is 5.78 Å². The van der Waals surface area contributed by atoms with E-state index in [1.54, 1.807) is 18.2 Å². The molecule has 0 bridgehead atoms. The summed E-state index contributed by atoms with van der Waals surface area (Å²) in [7, 11) is 0. The minimum Gasteiger partial charge on any atom is -0.315 e. The molecule has 0 unspecified atom stereocenters. The second-order valence-corrected chi connectivity index (χ2v) is 5.27. The van der Waals surface area contributed by atoms with Crippen molar-refractivity contribution in [1.29, 1.82) is 0 Å². The third kappa shape index (κ3) is 3.69. The first-order valence-corrected chi connectivity index (χ1v) is 6.84. The number of carbonyl (C=O) groups excluding carboxylic acids is 1. The van der Waals surface area contributed by atoms with Gasteiger partial charge in [-0.25, -0.2) is 0 Å². The van der Waals surface area contributed by atoms with E-state index in [0.29, 0.717) is 22.2 Å². The number of nitrogens with zero attached hydrogens (tertiary/aromatic N) is 1. The molecule has 2 rings (SSSR count). The van der Waals surface area contributed by atoms with E-state index < -0.39 is 0 Å². The Hall–Kier alpha value is -0.610. The van der Waals surface area contributed by atoms with Gasteiger partial charge in [-0.1, -0.05) is 23.2 Å². The number of halogens is 2. The van der Waals surface area contributed by atoms with Crippen molar-refractivity contribution < 1.29 is 4.79 Å². The summed E-state index contributed by atoms with van der Waals surface area (Å²) in [5.41, 5.74) is 0.515. The van der Waals surface area contributed by atoms with Crippen LogP contribution in [0, 0.1) is 0 Å². The topological polar surface area (TPSA) is 32.3 Å². The molecule has 1 aliphatic heterocycles. The lowest BCUT2D eigenvalue weighted by molar-refractivity contribution is 0.0935. The van der Waals surface area contributed by atoms with Gasteiger partial charge >= 0.3 is 0 Å². The third-order valence-corrected chi connectivity index (χ3v) is 3.59. The Morgan fingerprint density at radius 3 is 2.94 bits per heavy atom. The number of carbonyl (C=O) groups is 1. The molecule has 0 amide bonds. The maximum absolute atomic E-state index is 12.2. The Morgan fingerprint density at radius 2 is 2.11 bits per heavy atom. The average molecular weight is 287 g/mol. The lowest BCUT2D eigenvalue weighted by atomic mass is 10.1. The summed E-state index contributed by atoms with van der Waals surface area (Å²) in [5.74, 6) is 0.0319. The third-order valence-electron chi connectivity index (χ3n) is 3.03. The zero-order chi connectivity index (χ0) is 13.0. The minimum absolute atomic E-state index is 0.0319. The normalized spacial score (nSPS) is 17.4. The highest BCUT2D eigenvalue weighted by Crippen LogP contribution is 2.21. The number of benzene rings is 1. The molecule has 1 heterocycles. The van der Waals surface area contributed by atoms with Gasteiger partial charge in [0.05, 0.1) is 11.6 Å². The largest absolute Gasteiger partial charge is 0.315 e. The molecule has 1 aromatic rings. The summed E-state index contributed by atoms with van der Waals surface area (Å²) in [6, 6.07) is 5.00. The van der Waals surface area contributed by atoms with Crippen molar-refractivity contribution in [2.24, 2.45) is 0 Å². The van der Waals surface area contributed by atoms with Crippen molar-refractivity contribution in [3.63, 3.8) is 0 Å². The number of hydrogen-bond donors (Lipinski definition) is 1. The van der Waals surface area contributed by atoms with Gasteiger partial charge in [-0.05, 0) is 37.7 Å². The lowest BCUT2D eigenvalue weighted by Gasteiger charge is -2.18. The Morgan fingerprint density at radius 1 is 1.28 bits per heavy atom. The van der Waals surface area contributed by atoms with E-state index in [0.717, 1.165) is 32.6 Å². The van der Waals surface area contributed by atoms with Gasteiger partial charge in [0.25, 0.3) is 0 Å². The molecule has 1 aromatic carbocycles. The van der Waals surface area contributed by atoms with Gasteiger partial charge in [0.2, 0.25) is 0 Å². The molecule has 1 fully saturated rings. The molecule has 3 nitrogen and oxygen atoms in total. The van der Waals surface area contributed by atoms with E-state index in [1.807, 2.05) is 0 Å². The van der Waals surface area contributed by atoms with Gasteiger partial charge in [0.15, 0.2) is 5.78 Å². The van der Waals surface area contributed by atoms with E-state index in [2.05, 4.69) is 10.2 Å². The van der Waals surface area contributed by atoms with Gasteiger partial charge in [-0.3, -0.25) is 9.69 Å². The Labute approximate surface area is 117 Å². The highest BCUT2D eigenvalue weighted by Gasteiger charge is 2.16. The molecule has 0 radical (unpaired) electrons. The summed E-state index contributed by atoms with van der Waals surface area (Å²) >= 11 is 11.9. The molecule has 0 aromatic heterocycles. The number of Topliss-reactive ketones (excluding diaryl/α,β-unsaturated/α-hetero) is 1. The van der Waals surface area contributed by atoms with E-state index >= 15 is 0 Å². The molecule has 1 aliphatic rings. The minimum atomic E-state index is 0.0319. The van der Waals surface area contributed by atoms with E-state index in [4.69, 9.17) is 23.2 Å². The molecule has 98 valence electrons. The monoisotopic (exact) mass is 286 g/mol. The van der Waals surface area contributed by atoms with Gasteiger partial charge in [-0.2, -0.15) is 0 Å². The predicted molar refractivity (Wildman–Crippen MR) is 74.7 cm³/mol. The van der Waals surface area contributed by atoms with Gasteiger partial charge in [-0.15, -0.1) is 0 Å². The van der Waals surface area contributed by atoms with Crippen molar-refractivity contribution in [1.82, 2.24) is 10.2 Å². The zero-order valence-corrected chi connectivity index (χ0v) is 11.6. The van der Waals surface area contributed by atoms with Crippen LogP contribution in [0.15, 0.2) is 18.2 Å².